The Morgan fingerprint density at radius 3 is 2.95 bits per heavy atom. The topological polar surface area (TPSA) is 34.1 Å². The second-order valence-corrected chi connectivity index (χ2v) is 7.03. The van der Waals surface area contributed by atoms with Crippen LogP contribution in [0.5, 0.6) is 0 Å². The number of carbonyl (C=O) groups is 2. The van der Waals surface area contributed by atoms with Crippen molar-refractivity contribution < 1.29 is 21.9 Å². The number of allylic oxidation sites excluding steroid dienone is 1. The minimum Gasteiger partial charge on any atom is -0.299 e. The molecule has 0 saturated heterocycles. The number of fused-ring (bicyclic) bond motifs is 5. The highest BCUT2D eigenvalue weighted by Gasteiger charge is 2.58. The first-order valence-electron chi connectivity index (χ1n) is 12.2. The van der Waals surface area contributed by atoms with Crippen LogP contribution in [0.2, 0.25) is 0 Å². The fraction of sp³-hybridized carbons (Fsp3) is 0.789. The first-order chi connectivity index (χ1) is 13.4. The summed E-state index contributed by atoms with van der Waals surface area (Å²) in [6.45, 7) is -1.24. The lowest BCUT2D eigenvalue weighted by Gasteiger charge is -2.56. The number of hydrogen-bond acceptors (Lipinski definition) is 2. The summed E-state index contributed by atoms with van der Waals surface area (Å²) in [6.07, 6.45) is -4.23. The molecule has 3 fully saturated rings. The molecule has 4 rings (SSSR count). The van der Waals surface area contributed by atoms with Gasteiger partial charge in [0.2, 0.25) is 0 Å². The molecule has 0 bridgehead atoms. The molecular formula is C19H26O2. The lowest BCUT2D eigenvalue weighted by atomic mass is 9.47. The molecule has 5 atom stereocenters. The molecule has 0 heterocycles. The molecule has 2 heteroatoms. The zero-order valence-electron chi connectivity index (χ0n) is 21.2. The first-order valence-corrected chi connectivity index (χ1v) is 7.74. The highest BCUT2D eigenvalue weighted by Crippen LogP contribution is 2.64. The molecule has 0 aromatic rings. The van der Waals surface area contributed by atoms with Crippen molar-refractivity contribution in [1.29, 1.82) is 0 Å². The number of ketones is 2. The van der Waals surface area contributed by atoms with Gasteiger partial charge < -0.3 is 0 Å². The fourth-order valence-electron chi connectivity index (χ4n) is 4.75. The monoisotopic (exact) mass is 295 g/mol. The summed E-state index contributed by atoms with van der Waals surface area (Å²) < 4.78 is 76.6. The Balaban J connectivity index is 2.01. The van der Waals surface area contributed by atoms with Crippen molar-refractivity contribution in [3.8, 4) is 0 Å². The van der Waals surface area contributed by atoms with Crippen molar-refractivity contribution in [2.75, 3.05) is 0 Å². The van der Waals surface area contributed by atoms with Crippen LogP contribution in [0.1, 0.15) is 77.4 Å². The van der Waals surface area contributed by atoms with E-state index in [1.807, 2.05) is 6.92 Å². The molecular weight excluding hydrogens is 260 g/mol. The first kappa shape index (κ1) is 7.10. The predicted octanol–water partition coefficient (Wildman–Crippen LogP) is 4.09. The smallest absolute Gasteiger partial charge is 0.155 e. The largest absolute Gasteiger partial charge is 0.299 e. The summed E-state index contributed by atoms with van der Waals surface area (Å²) in [4.78, 5) is 25.2. The van der Waals surface area contributed by atoms with E-state index in [9.17, 15) is 12.3 Å². The van der Waals surface area contributed by atoms with Crippen molar-refractivity contribution in [3.63, 3.8) is 0 Å². The Hall–Kier alpha value is -0.920. The normalized spacial score (nSPS) is 68.0. The van der Waals surface area contributed by atoms with Crippen LogP contribution >= 0.6 is 0 Å². The lowest BCUT2D eigenvalue weighted by Crippen LogP contribution is -2.50. The van der Waals surface area contributed by atoms with Gasteiger partial charge in [-0.05, 0) is 67.7 Å². The Kier molecular flexibility index (Phi) is 1.45. The fourth-order valence-corrected chi connectivity index (χ4v) is 4.75. The van der Waals surface area contributed by atoms with Gasteiger partial charge in [-0.25, -0.2) is 0 Å². The molecule has 0 aromatic carbocycles. The van der Waals surface area contributed by atoms with Crippen LogP contribution < -0.4 is 0 Å². The summed E-state index contributed by atoms with van der Waals surface area (Å²) in [5.74, 6) is -6.86. The molecule has 21 heavy (non-hydrogen) atoms. The van der Waals surface area contributed by atoms with E-state index in [1.54, 1.807) is 6.08 Å². The summed E-state index contributed by atoms with van der Waals surface area (Å²) in [5, 5.41) is 0. The Labute approximate surface area is 140 Å². The third-order valence-electron chi connectivity index (χ3n) is 6.06. The maximum Gasteiger partial charge on any atom is 0.155 e. The van der Waals surface area contributed by atoms with E-state index in [4.69, 9.17) is 9.60 Å². The van der Waals surface area contributed by atoms with Crippen LogP contribution in [0.25, 0.3) is 0 Å². The van der Waals surface area contributed by atoms with E-state index in [2.05, 4.69) is 0 Å². The maximum absolute atomic E-state index is 13.2. The molecule has 4 aliphatic rings. The van der Waals surface area contributed by atoms with E-state index < -0.39 is 53.9 Å². The number of hydrogen-bond donors (Lipinski definition) is 0. The Bertz CT molecular complexity index is 878. The van der Waals surface area contributed by atoms with Gasteiger partial charge >= 0.3 is 0 Å². The minimum atomic E-state index is -3.19. The van der Waals surface area contributed by atoms with E-state index >= 15 is 0 Å². The van der Waals surface area contributed by atoms with Gasteiger partial charge in [-0.15, -0.1) is 0 Å². The van der Waals surface area contributed by atoms with Crippen LogP contribution in [-0.2, 0) is 9.59 Å². The summed E-state index contributed by atoms with van der Waals surface area (Å²) in [5.41, 5.74) is -2.44. The molecule has 3 saturated carbocycles. The van der Waals surface area contributed by atoms with E-state index in [1.165, 1.54) is 0 Å². The summed E-state index contributed by atoms with van der Waals surface area (Å²) >= 11 is 0. The highest BCUT2D eigenvalue weighted by molar-refractivity contribution is 5.91. The van der Waals surface area contributed by atoms with Crippen molar-refractivity contribution in [2.45, 2.75) is 65.0 Å². The second-order valence-electron chi connectivity index (χ2n) is 7.03. The van der Waals surface area contributed by atoms with E-state index in [0.717, 1.165) is 5.57 Å². The van der Waals surface area contributed by atoms with Gasteiger partial charge in [0.25, 0.3) is 0 Å². The number of Topliss-reactive ketones (excluding diaryl/α,β-unsaturated/α-hetero) is 1. The summed E-state index contributed by atoms with van der Waals surface area (Å²) in [7, 11) is 0. The zero-order valence-corrected chi connectivity index (χ0v) is 12.2. The molecule has 0 N–H and O–H groups in total. The van der Waals surface area contributed by atoms with Gasteiger partial charge in [0, 0.05) is 30.5 Å². The highest BCUT2D eigenvalue weighted by atomic mass is 16.1. The van der Waals surface area contributed by atoms with Crippen molar-refractivity contribution >= 4 is 11.6 Å². The van der Waals surface area contributed by atoms with Crippen molar-refractivity contribution in [3.05, 3.63) is 11.6 Å². The summed E-state index contributed by atoms with van der Waals surface area (Å²) in [6, 6.07) is 0. The quantitative estimate of drug-likeness (QED) is 0.674. The molecule has 4 aliphatic carbocycles. The maximum atomic E-state index is 13.2. The Morgan fingerprint density at radius 2 is 2.14 bits per heavy atom. The van der Waals surface area contributed by atoms with Crippen LogP contribution in [-0.4, -0.2) is 11.6 Å². The van der Waals surface area contributed by atoms with Crippen molar-refractivity contribution in [1.82, 2.24) is 0 Å². The minimum absolute atomic E-state index is 0.0177. The van der Waals surface area contributed by atoms with Crippen LogP contribution in [0.15, 0.2) is 11.6 Å². The molecule has 2 nitrogen and oxygen atoms in total. The van der Waals surface area contributed by atoms with Gasteiger partial charge in [0.15, 0.2) is 5.78 Å². The van der Waals surface area contributed by atoms with Gasteiger partial charge in [-0.2, -0.15) is 0 Å². The average molecular weight is 295 g/mol. The molecule has 114 valence electrons. The molecule has 0 radical (unpaired) electrons. The molecule has 0 amide bonds. The predicted molar refractivity (Wildman–Crippen MR) is 81.7 cm³/mol. The second kappa shape index (κ2) is 4.30. The third kappa shape index (κ3) is 1.71. The van der Waals surface area contributed by atoms with Crippen LogP contribution in [0.4, 0.5) is 0 Å². The molecule has 0 unspecified atom stereocenters. The number of carbonyl (C=O) groups excluding carboxylic acids is 2. The molecule has 0 aromatic heterocycles. The van der Waals surface area contributed by atoms with E-state index in [-0.39, 0.29) is 37.9 Å². The van der Waals surface area contributed by atoms with Gasteiger partial charge in [-0.1, -0.05) is 19.3 Å². The Morgan fingerprint density at radius 1 is 1.29 bits per heavy atom. The standard InChI is InChI=1S/C19H26O2/c1-18-9-7-13(20)11-12(18)3-4-14-15-5-6-17(21)19(15,2)10-8-16(14)18/h11,14-16H,3-10H2,1-2H3/t14-,15-,16-,18-,19-/m0/s1/i2D3,5D2,6D2,14D,15D. The van der Waals surface area contributed by atoms with Gasteiger partial charge in [0.1, 0.15) is 5.78 Å². The lowest BCUT2D eigenvalue weighted by molar-refractivity contribution is -0.132. The number of rotatable bonds is 0. The van der Waals surface area contributed by atoms with Gasteiger partial charge in [0.05, 0.1) is 0 Å². The SMILES string of the molecule is [2H]C1([2H])C(=O)[C@@]2(C([2H])([2H])[2H])CC[C@@H]3[C@@]4(C)CCC(=O)C=C4CC[C@@]3([2H])[C@]2([2H])C1([2H])[2H]. The average Bonchev–Trinajstić information content (AvgIpc) is 2.71. The third-order valence-corrected chi connectivity index (χ3v) is 6.06. The van der Waals surface area contributed by atoms with Crippen molar-refractivity contribution in [2.24, 2.45) is 28.5 Å². The zero-order chi connectivity index (χ0) is 22.8. The van der Waals surface area contributed by atoms with E-state index in [0.29, 0.717) is 6.42 Å². The molecule has 0 aliphatic heterocycles. The van der Waals surface area contributed by atoms with Crippen LogP contribution in [0, 0.1) is 28.5 Å². The van der Waals surface area contributed by atoms with Gasteiger partial charge in [-0.3, -0.25) is 9.59 Å². The molecule has 0 spiro atoms. The van der Waals surface area contributed by atoms with Crippen LogP contribution in [0.3, 0.4) is 0 Å².